The van der Waals surface area contributed by atoms with Gasteiger partial charge in [0, 0.05) is 13.0 Å². The molecular formula is C15H30N2O3. The number of aliphatic hydroxyl groups excluding tert-OH is 1. The number of nitrogens with one attached hydrogen (secondary N) is 1. The van der Waals surface area contributed by atoms with E-state index in [2.05, 4.69) is 31.0 Å². The predicted molar refractivity (Wildman–Crippen MR) is 79.6 cm³/mol. The minimum atomic E-state index is -0.606. The predicted octanol–water partition coefficient (Wildman–Crippen LogP) is 1.15. The molecule has 1 amide bonds. The number of aliphatic hydroxyl groups is 1. The van der Waals surface area contributed by atoms with Gasteiger partial charge in [-0.15, -0.1) is 0 Å². The molecule has 1 saturated heterocycles. The van der Waals surface area contributed by atoms with Crippen molar-refractivity contribution in [1.82, 2.24) is 10.2 Å². The third-order valence-corrected chi connectivity index (χ3v) is 3.97. The van der Waals surface area contributed by atoms with E-state index in [9.17, 15) is 9.90 Å². The molecule has 3 unspecified atom stereocenters. The van der Waals surface area contributed by atoms with Gasteiger partial charge in [-0.25, -0.2) is 0 Å². The molecule has 0 aromatic heterocycles. The molecule has 0 spiro atoms. The number of carbonyl (C=O) groups excluding carboxylic acids is 1. The Hall–Kier alpha value is -0.650. The Morgan fingerprint density at radius 3 is 2.60 bits per heavy atom. The highest BCUT2D eigenvalue weighted by Crippen LogP contribution is 2.16. The minimum absolute atomic E-state index is 0.0228. The first-order valence-corrected chi connectivity index (χ1v) is 7.93. The standard InChI is InChI=1S/C15H30N2O3/c1-4-7-8-9-14(18)16-12-11-20-13(15(12)19)10-17(5-2)6-3/h12-13,15,19H,4-11H2,1-3H3,(H,16,18). The van der Waals surface area contributed by atoms with Crippen molar-refractivity contribution in [2.75, 3.05) is 26.2 Å². The van der Waals surface area contributed by atoms with E-state index in [4.69, 9.17) is 4.74 Å². The van der Waals surface area contributed by atoms with Crippen LogP contribution in [-0.2, 0) is 9.53 Å². The lowest BCUT2D eigenvalue weighted by atomic mass is 10.1. The first-order valence-electron chi connectivity index (χ1n) is 7.93. The fourth-order valence-electron chi connectivity index (χ4n) is 2.52. The summed E-state index contributed by atoms with van der Waals surface area (Å²) >= 11 is 0. The number of hydrogen-bond donors (Lipinski definition) is 2. The van der Waals surface area contributed by atoms with Gasteiger partial charge >= 0.3 is 0 Å². The second kappa shape index (κ2) is 9.32. The zero-order chi connectivity index (χ0) is 15.0. The van der Waals surface area contributed by atoms with Crippen molar-refractivity contribution in [2.45, 2.75) is 64.7 Å². The third kappa shape index (κ3) is 5.38. The second-order valence-corrected chi connectivity index (χ2v) is 5.48. The van der Waals surface area contributed by atoms with Gasteiger partial charge in [-0.2, -0.15) is 0 Å². The molecule has 1 heterocycles. The van der Waals surface area contributed by atoms with Gasteiger partial charge in [0.2, 0.25) is 5.91 Å². The second-order valence-electron chi connectivity index (χ2n) is 5.48. The molecule has 0 bridgehead atoms. The lowest BCUT2D eigenvalue weighted by molar-refractivity contribution is -0.122. The van der Waals surface area contributed by atoms with Crippen LogP contribution in [0, 0.1) is 0 Å². The zero-order valence-corrected chi connectivity index (χ0v) is 13.1. The molecule has 3 atom stereocenters. The highest BCUT2D eigenvalue weighted by atomic mass is 16.5. The number of likely N-dealkylation sites (N-methyl/N-ethyl adjacent to an activating group) is 1. The van der Waals surface area contributed by atoms with Crippen molar-refractivity contribution < 1.29 is 14.6 Å². The van der Waals surface area contributed by atoms with E-state index in [-0.39, 0.29) is 18.1 Å². The quantitative estimate of drug-likeness (QED) is 0.624. The fraction of sp³-hybridized carbons (Fsp3) is 0.933. The fourth-order valence-corrected chi connectivity index (χ4v) is 2.52. The summed E-state index contributed by atoms with van der Waals surface area (Å²) in [6, 6.07) is -0.260. The van der Waals surface area contributed by atoms with E-state index >= 15 is 0 Å². The Labute approximate surface area is 122 Å². The SMILES string of the molecule is CCCCCC(=O)NC1COC(CN(CC)CC)C1O. The van der Waals surface area contributed by atoms with Crippen LogP contribution in [0.5, 0.6) is 0 Å². The molecule has 0 aliphatic carbocycles. The van der Waals surface area contributed by atoms with Crippen LogP contribution in [0.15, 0.2) is 0 Å². The molecule has 0 aromatic rings. The molecule has 118 valence electrons. The maximum Gasteiger partial charge on any atom is 0.220 e. The van der Waals surface area contributed by atoms with Gasteiger partial charge in [-0.05, 0) is 19.5 Å². The number of hydrogen-bond acceptors (Lipinski definition) is 4. The zero-order valence-electron chi connectivity index (χ0n) is 13.1. The summed E-state index contributed by atoms with van der Waals surface area (Å²) in [6.45, 7) is 9.32. The van der Waals surface area contributed by atoms with Crippen LogP contribution in [-0.4, -0.2) is 60.4 Å². The Bertz CT molecular complexity index is 282. The topological polar surface area (TPSA) is 61.8 Å². The maximum atomic E-state index is 11.8. The van der Waals surface area contributed by atoms with E-state index in [1.807, 2.05) is 0 Å². The van der Waals surface area contributed by atoms with Crippen molar-refractivity contribution in [3.8, 4) is 0 Å². The van der Waals surface area contributed by atoms with Crippen molar-refractivity contribution in [2.24, 2.45) is 0 Å². The van der Waals surface area contributed by atoms with Crippen molar-refractivity contribution in [3.05, 3.63) is 0 Å². The van der Waals surface area contributed by atoms with Crippen LogP contribution in [0.2, 0.25) is 0 Å². The minimum Gasteiger partial charge on any atom is -0.388 e. The Morgan fingerprint density at radius 2 is 2.00 bits per heavy atom. The summed E-state index contributed by atoms with van der Waals surface area (Å²) in [7, 11) is 0. The maximum absolute atomic E-state index is 11.8. The first kappa shape index (κ1) is 17.4. The molecule has 5 nitrogen and oxygen atoms in total. The molecular weight excluding hydrogens is 256 g/mol. The van der Waals surface area contributed by atoms with E-state index in [0.29, 0.717) is 13.0 Å². The average molecular weight is 286 g/mol. The van der Waals surface area contributed by atoms with Crippen molar-refractivity contribution in [3.63, 3.8) is 0 Å². The van der Waals surface area contributed by atoms with Gasteiger partial charge in [-0.3, -0.25) is 4.79 Å². The van der Waals surface area contributed by atoms with Crippen molar-refractivity contribution in [1.29, 1.82) is 0 Å². The molecule has 20 heavy (non-hydrogen) atoms. The lowest BCUT2D eigenvalue weighted by Crippen LogP contribution is -2.46. The largest absolute Gasteiger partial charge is 0.388 e. The summed E-state index contributed by atoms with van der Waals surface area (Å²) in [5, 5.41) is 13.1. The molecule has 5 heteroatoms. The summed E-state index contributed by atoms with van der Waals surface area (Å²) in [5.41, 5.74) is 0. The Kier molecular flexibility index (Phi) is 8.11. The normalized spacial score (nSPS) is 26.1. The molecule has 0 saturated carbocycles. The highest BCUT2D eigenvalue weighted by Gasteiger charge is 2.37. The number of rotatable bonds is 9. The highest BCUT2D eigenvalue weighted by molar-refractivity contribution is 5.76. The van der Waals surface area contributed by atoms with Crippen LogP contribution in [0.3, 0.4) is 0 Å². The molecule has 1 rings (SSSR count). The van der Waals surface area contributed by atoms with Crippen LogP contribution < -0.4 is 5.32 Å². The van der Waals surface area contributed by atoms with Crippen LogP contribution in [0.4, 0.5) is 0 Å². The van der Waals surface area contributed by atoms with Crippen LogP contribution >= 0.6 is 0 Å². The molecule has 1 fully saturated rings. The van der Waals surface area contributed by atoms with Gasteiger partial charge in [0.05, 0.1) is 18.8 Å². The van der Waals surface area contributed by atoms with E-state index in [1.54, 1.807) is 0 Å². The first-order chi connectivity index (χ1) is 9.62. The molecule has 0 aromatic carbocycles. The van der Waals surface area contributed by atoms with Gasteiger partial charge in [0.1, 0.15) is 6.10 Å². The van der Waals surface area contributed by atoms with Gasteiger partial charge in [-0.1, -0.05) is 33.6 Å². The van der Waals surface area contributed by atoms with Crippen molar-refractivity contribution >= 4 is 5.91 Å². The molecule has 1 aliphatic rings. The number of ether oxygens (including phenoxy) is 1. The lowest BCUT2D eigenvalue weighted by Gasteiger charge is -2.24. The number of nitrogens with zero attached hydrogens (tertiary/aromatic N) is 1. The van der Waals surface area contributed by atoms with Gasteiger partial charge in [0.25, 0.3) is 0 Å². The van der Waals surface area contributed by atoms with Crippen LogP contribution in [0.1, 0.15) is 46.5 Å². The summed E-state index contributed by atoms with van der Waals surface area (Å²) in [6.07, 6.45) is 2.82. The summed E-state index contributed by atoms with van der Waals surface area (Å²) in [4.78, 5) is 14.0. The number of amides is 1. The van der Waals surface area contributed by atoms with Gasteiger partial charge in [0.15, 0.2) is 0 Å². The van der Waals surface area contributed by atoms with E-state index < -0.39 is 6.10 Å². The van der Waals surface area contributed by atoms with Gasteiger partial charge < -0.3 is 20.1 Å². The smallest absolute Gasteiger partial charge is 0.220 e. The van der Waals surface area contributed by atoms with E-state index in [0.717, 1.165) is 38.9 Å². The summed E-state index contributed by atoms with van der Waals surface area (Å²) < 4.78 is 5.63. The third-order valence-electron chi connectivity index (χ3n) is 3.97. The molecule has 1 aliphatic heterocycles. The van der Waals surface area contributed by atoms with Crippen LogP contribution in [0.25, 0.3) is 0 Å². The number of unbranched alkanes of at least 4 members (excludes halogenated alkanes) is 2. The number of carbonyl (C=O) groups is 1. The summed E-state index contributed by atoms with van der Waals surface area (Å²) in [5.74, 6) is 0.0228. The monoisotopic (exact) mass is 286 g/mol. The Morgan fingerprint density at radius 1 is 1.30 bits per heavy atom. The molecule has 0 radical (unpaired) electrons. The molecule has 2 N–H and O–H groups in total. The van der Waals surface area contributed by atoms with E-state index in [1.165, 1.54) is 0 Å². The Balaban J connectivity index is 2.33. The average Bonchev–Trinajstić information content (AvgIpc) is 2.77.